The van der Waals surface area contributed by atoms with Gasteiger partial charge in [-0.25, -0.2) is 0 Å². The van der Waals surface area contributed by atoms with E-state index < -0.39 is 13.9 Å². The third-order valence-electron chi connectivity index (χ3n) is 2.77. The largest absolute Gasteiger partial charge is 0.431 e. The SMILES string of the molecule is CC(C)(C)O.CC(C)[Si](O)(C(C)C)C(C)C.O.O.[Ti]. The van der Waals surface area contributed by atoms with Crippen molar-refractivity contribution in [3.05, 3.63) is 0 Å². The van der Waals surface area contributed by atoms with E-state index in [9.17, 15) is 4.80 Å². The van der Waals surface area contributed by atoms with E-state index in [2.05, 4.69) is 41.5 Å². The maximum Gasteiger partial charge on any atom is 0.196 e. The molecular weight excluding hydrogens is 296 g/mol. The summed E-state index contributed by atoms with van der Waals surface area (Å²) in [7, 11) is -1.98. The second kappa shape index (κ2) is 12.5. The molecule has 0 aliphatic heterocycles. The fourth-order valence-electron chi connectivity index (χ4n) is 2.00. The zero-order valence-corrected chi connectivity index (χ0v) is 16.7. The number of aliphatic hydroxyl groups is 1. The van der Waals surface area contributed by atoms with Crippen LogP contribution in [-0.2, 0) is 21.7 Å². The molecule has 6 heteroatoms. The summed E-state index contributed by atoms with van der Waals surface area (Å²) in [4.78, 5) is 10.4. The van der Waals surface area contributed by atoms with Crippen LogP contribution < -0.4 is 0 Å². The second-order valence-corrected chi connectivity index (χ2v) is 11.8. The Hall–Kier alpha value is 0.771. The Labute approximate surface area is 135 Å². The molecule has 0 heterocycles. The van der Waals surface area contributed by atoms with Crippen LogP contribution in [0.15, 0.2) is 0 Å². The van der Waals surface area contributed by atoms with Crippen LogP contribution in [0.1, 0.15) is 62.3 Å². The topological polar surface area (TPSA) is 103 Å². The molecule has 0 saturated heterocycles. The molecule has 0 spiro atoms. The first-order chi connectivity index (χ1) is 6.83. The summed E-state index contributed by atoms with van der Waals surface area (Å²) in [5.74, 6) is 0. The van der Waals surface area contributed by atoms with E-state index in [1.54, 1.807) is 20.8 Å². The van der Waals surface area contributed by atoms with Gasteiger partial charge in [-0.05, 0) is 37.4 Å². The smallest absolute Gasteiger partial charge is 0.196 e. The molecule has 0 unspecified atom stereocenters. The predicted molar refractivity (Wildman–Crippen MR) is 82.5 cm³/mol. The molecule has 0 aromatic rings. The molecule has 0 aromatic carbocycles. The zero-order valence-electron chi connectivity index (χ0n) is 14.1. The molecule has 0 rings (SSSR count). The van der Waals surface area contributed by atoms with Gasteiger partial charge >= 0.3 is 0 Å². The Morgan fingerprint density at radius 2 is 0.842 bits per heavy atom. The maximum absolute atomic E-state index is 10.4. The predicted octanol–water partition coefficient (Wildman–Crippen LogP) is 2.28. The van der Waals surface area contributed by atoms with Crippen LogP contribution in [0.3, 0.4) is 0 Å². The van der Waals surface area contributed by atoms with Gasteiger partial charge in [0.1, 0.15) is 0 Å². The van der Waals surface area contributed by atoms with E-state index in [1.807, 2.05) is 0 Å². The van der Waals surface area contributed by atoms with Crippen molar-refractivity contribution in [1.29, 1.82) is 0 Å². The number of rotatable bonds is 3. The average molecular weight is 332 g/mol. The first-order valence-corrected chi connectivity index (χ1v) is 8.46. The summed E-state index contributed by atoms with van der Waals surface area (Å²) < 4.78 is 0. The molecule has 0 amide bonds. The van der Waals surface area contributed by atoms with Crippen LogP contribution >= 0.6 is 0 Å². The monoisotopic (exact) mass is 332 g/mol. The van der Waals surface area contributed by atoms with Gasteiger partial charge < -0.3 is 20.9 Å². The van der Waals surface area contributed by atoms with Gasteiger partial charge in [0.15, 0.2) is 8.32 Å². The van der Waals surface area contributed by atoms with Crippen molar-refractivity contribution in [3.8, 4) is 0 Å². The van der Waals surface area contributed by atoms with Crippen molar-refractivity contribution < 1.29 is 42.6 Å². The number of hydrogen-bond acceptors (Lipinski definition) is 2. The maximum atomic E-state index is 10.4. The summed E-state index contributed by atoms with van der Waals surface area (Å²) in [6.45, 7) is 18.1. The molecule has 0 fully saturated rings. The van der Waals surface area contributed by atoms with E-state index in [-0.39, 0.29) is 32.7 Å². The quantitative estimate of drug-likeness (QED) is 0.774. The second-order valence-electron chi connectivity index (χ2n) is 6.52. The van der Waals surface area contributed by atoms with E-state index >= 15 is 0 Å². The molecule has 19 heavy (non-hydrogen) atoms. The molecule has 0 aromatic heterocycles. The van der Waals surface area contributed by atoms with Gasteiger partial charge in [-0.15, -0.1) is 0 Å². The third kappa shape index (κ3) is 15.0. The Morgan fingerprint density at radius 1 is 0.737 bits per heavy atom. The Kier molecular flexibility index (Phi) is 21.0. The standard InChI is InChI=1S/C9H22OSi.C4H10O.2H2O.Ti/c1-7(2)11(10,8(3)4)9(5)6;1-4(2,3)5;;;/h7-10H,1-6H3;5H,1-3H3;2*1H2;. The van der Waals surface area contributed by atoms with Gasteiger partial charge in [0.25, 0.3) is 0 Å². The summed E-state index contributed by atoms with van der Waals surface area (Å²) >= 11 is 0. The van der Waals surface area contributed by atoms with Crippen molar-refractivity contribution in [2.24, 2.45) is 0 Å². The van der Waals surface area contributed by atoms with Gasteiger partial charge in [0.05, 0.1) is 5.60 Å². The normalized spacial score (nSPS) is 11.1. The molecule has 6 N–H and O–H groups in total. The van der Waals surface area contributed by atoms with Gasteiger partial charge in [0, 0.05) is 21.7 Å². The van der Waals surface area contributed by atoms with Crippen LogP contribution in [0, 0.1) is 0 Å². The molecule has 0 saturated carbocycles. The summed E-state index contributed by atoms with van der Waals surface area (Å²) in [6, 6.07) is 0. The Bertz CT molecular complexity index is 164. The molecule has 0 aliphatic carbocycles. The fourth-order valence-corrected chi connectivity index (χ4v) is 6.00. The zero-order chi connectivity index (χ0) is 13.7. The van der Waals surface area contributed by atoms with Gasteiger partial charge in [0.2, 0.25) is 0 Å². The fraction of sp³-hybridized carbons (Fsp3) is 1.00. The van der Waals surface area contributed by atoms with Crippen LogP contribution in [0.25, 0.3) is 0 Å². The Morgan fingerprint density at radius 3 is 0.842 bits per heavy atom. The molecule has 0 bridgehead atoms. The summed E-state index contributed by atoms with van der Waals surface area (Å²) in [6.07, 6.45) is 0. The van der Waals surface area contributed by atoms with Crippen molar-refractivity contribution in [2.45, 2.75) is 84.5 Å². The van der Waals surface area contributed by atoms with Gasteiger partial charge in [-0.2, -0.15) is 0 Å². The van der Waals surface area contributed by atoms with E-state index in [1.165, 1.54) is 0 Å². The minimum Gasteiger partial charge on any atom is -0.431 e. The van der Waals surface area contributed by atoms with Crippen LogP contribution in [0.5, 0.6) is 0 Å². The molecule has 120 valence electrons. The van der Waals surface area contributed by atoms with E-state index in [0.29, 0.717) is 16.6 Å². The van der Waals surface area contributed by atoms with Crippen molar-refractivity contribution in [3.63, 3.8) is 0 Å². The molecular formula is C13H36O4SiTi. The first-order valence-electron chi connectivity index (χ1n) is 6.28. The van der Waals surface area contributed by atoms with E-state index in [0.717, 1.165) is 0 Å². The first kappa shape index (κ1) is 31.9. The van der Waals surface area contributed by atoms with Gasteiger partial charge in [-0.3, -0.25) is 0 Å². The van der Waals surface area contributed by atoms with Crippen LogP contribution in [0.2, 0.25) is 16.6 Å². The minimum absolute atomic E-state index is 0. The Balaban J connectivity index is -0.0000000717. The molecule has 4 nitrogen and oxygen atoms in total. The molecule has 0 atom stereocenters. The summed E-state index contributed by atoms with van der Waals surface area (Å²) in [5.41, 5.74) is 0.924. The van der Waals surface area contributed by atoms with Crippen molar-refractivity contribution in [2.75, 3.05) is 0 Å². The minimum atomic E-state index is -1.98. The van der Waals surface area contributed by atoms with Crippen molar-refractivity contribution in [1.82, 2.24) is 0 Å². The number of hydrogen-bond donors (Lipinski definition) is 2. The molecule has 0 aliphatic rings. The third-order valence-corrected chi connectivity index (χ3v) is 8.32. The average Bonchev–Trinajstić information content (AvgIpc) is 1.98. The van der Waals surface area contributed by atoms with Crippen LogP contribution in [-0.4, -0.2) is 34.8 Å². The molecule has 0 radical (unpaired) electrons. The van der Waals surface area contributed by atoms with Crippen LogP contribution in [0.4, 0.5) is 0 Å². The van der Waals surface area contributed by atoms with Crippen molar-refractivity contribution >= 4 is 8.32 Å². The van der Waals surface area contributed by atoms with E-state index in [4.69, 9.17) is 5.11 Å². The van der Waals surface area contributed by atoms with Gasteiger partial charge in [-0.1, -0.05) is 41.5 Å². The summed E-state index contributed by atoms with van der Waals surface area (Å²) in [5, 5.41) is 8.52.